The highest BCUT2D eigenvalue weighted by Gasteiger charge is 2.19. The van der Waals surface area contributed by atoms with Crippen LogP contribution in [0.1, 0.15) is 18.4 Å². The van der Waals surface area contributed by atoms with E-state index in [0.29, 0.717) is 34.9 Å². The van der Waals surface area contributed by atoms with Crippen molar-refractivity contribution in [3.8, 4) is 68.3 Å². The van der Waals surface area contributed by atoms with Gasteiger partial charge in [0.25, 0.3) is 0 Å². The molecule has 3 heterocycles. The molecule has 10 rings (SSSR count). The van der Waals surface area contributed by atoms with Gasteiger partial charge in [-0.1, -0.05) is 158 Å². The van der Waals surface area contributed by atoms with E-state index < -0.39 is 0 Å². The van der Waals surface area contributed by atoms with Crippen molar-refractivity contribution in [2.45, 2.75) is 12.8 Å². The second-order valence-electron chi connectivity index (χ2n) is 13.4. The van der Waals surface area contributed by atoms with Gasteiger partial charge in [0.2, 0.25) is 0 Å². The Kier molecular flexibility index (Phi) is 8.39. The number of thiophene rings is 1. The maximum atomic E-state index is 5.15. The van der Waals surface area contributed by atoms with Gasteiger partial charge >= 0.3 is 0 Å². The zero-order valence-electron chi connectivity index (χ0n) is 29.7. The van der Waals surface area contributed by atoms with Crippen LogP contribution in [0.3, 0.4) is 0 Å². The van der Waals surface area contributed by atoms with Crippen LogP contribution in [0.15, 0.2) is 170 Å². The number of hydrogen-bond donors (Lipinski definition) is 0. The second kappa shape index (κ2) is 14.1. The third-order valence-corrected chi connectivity index (χ3v) is 11.0. The van der Waals surface area contributed by atoms with E-state index in [2.05, 4.69) is 78.9 Å². The highest BCUT2D eigenvalue weighted by Crippen LogP contribution is 2.41. The normalized spacial score (nSPS) is 12.6. The standard InChI is InChI=1S/C48H32N6S/c1-5-14-31(15-6-1)32-24-26-36(27-25-32)46-50-45(35-20-11-4-12-21-35)53-48(54-46)39-22-13-23-40-42(39)38-29-28-37(30-41(38)55-40)47-51-43(33-16-7-2-8-17-33)49-44(52-47)34-18-9-3-10-19-34/h2-5,7-30H,1,6H2. The lowest BCUT2D eigenvalue weighted by atomic mass is 9.98. The number of nitrogens with zero attached hydrogens (tertiary/aromatic N) is 6. The largest absolute Gasteiger partial charge is 0.208 e. The van der Waals surface area contributed by atoms with E-state index in [1.807, 2.05) is 91.0 Å². The van der Waals surface area contributed by atoms with Gasteiger partial charge < -0.3 is 0 Å². The van der Waals surface area contributed by atoms with E-state index in [1.165, 1.54) is 11.1 Å². The molecule has 9 aromatic rings. The van der Waals surface area contributed by atoms with Gasteiger partial charge in [0.15, 0.2) is 34.9 Å². The zero-order valence-corrected chi connectivity index (χ0v) is 30.5. The summed E-state index contributed by atoms with van der Waals surface area (Å²) < 4.78 is 2.28. The Bertz CT molecular complexity index is 2840. The first kappa shape index (κ1) is 32.7. The van der Waals surface area contributed by atoms with Crippen molar-refractivity contribution in [1.82, 2.24) is 29.9 Å². The van der Waals surface area contributed by atoms with Gasteiger partial charge in [-0.2, -0.15) is 0 Å². The molecule has 0 fully saturated rings. The van der Waals surface area contributed by atoms with Crippen molar-refractivity contribution in [3.63, 3.8) is 0 Å². The lowest BCUT2D eigenvalue weighted by molar-refractivity contribution is 1.04. The van der Waals surface area contributed by atoms with Gasteiger partial charge in [-0.25, -0.2) is 29.9 Å². The zero-order chi connectivity index (χ0) is 36.6. The monoisotopic (exact) mass is 724 g/mol. The van der Waals surface area contributed by atoms with E-state index in [-0.39, 0.29) is 0 Å². The summed E-state index contributed by atoms with van der Waals surface area (Å²) in [6.45, 7) is 0. The van der Waals surface area contributed by atoms with Crippen LogP contribution in [0.2, 0.25) is 0 Å². The molecule has 0 saturated heterocycles. The number of aromatic nitrogens is 6. The Morgan fingerprint density at radius 1 is 0.382 bits per heavy atom. The SMILES string of the molecule is C1=CC(c2ccc(-c3nc(-c4ccccc4)nc(-c4cccc5sc6cc(-c7nc(-c8ccccc8)nc(-c8ccccc8)n7)ccc6c45)n3)cc2)=CCC1. The summed E-state index contributed by atoms with van der Waals surface area (Å²) in [5.74, 6) is 3.82. The Balaban J connectivity index is 1.10. The van der Waals surface area contributed by atoms with Crippen molar-refractivity contribution < 1.29 is 0 Å². The maximum Gasteiger partial charge on any atom is 0.164 e. The summed E-state index contributed by atoms with van der Waals surface area (Å²) >= 11 is 1.74. The fourth-order valence-electron chi connectivity index (χ4n) is 7.07. The summed E-state index contributed by atoms with van der Waals surface area (Å²) in [4.78, 5) is 30.1. The minimum atomic E-state index is 0.628. The summed E-state index contributed by atoms with van der Waals surface area (Å²) in [5, 5.41) is 2.24. The molecule has 3 aromatic heterocycles. The molecular formula is C48H32N6S. The molecule has 7 heteroatoms. The highest BCUT2D eigenvalue weighted by molar-refractivity contribution is 7.26. The van der Waals surface area contributed by atoms with Crippen molar-refractivity contribution >= 4 is 37.1 Å². The third-order valence-electron chi connectivity index (χ3n) is 9.83. The summed E-state index contributed by atoms with van der Waals surface area (Å²) in [5.41, 5.74) is 8.10. The molecule has 260 valence electrons. The number of benzene rings is 6. The van der Waals surface area contributed by atoms with Crippen LogP contribution in [-0.4, -0.2) is 29.9 Å². The third kappa shape index (κ3) is 6.41. The smallest absolute Gasteiger partial charge is 0.164 e. The average Bonchev–Trinajstić information content (AvgIpc) is 3.66. The molecule has 6 aromatic carbocycles. The van der Waals surface area contributed by atoms with E-state index >= 15 is 0 Å². The van der Waals surface area contributed by atoms with Crippen LogP contribution < -0.4 is 0 Å². The van der Waals surface area contributed by atoms with Gasteiger partial charge in [-0.3, -0.25) is 0 Å². The molecule has 1 aliphatic rings. The van der Waals surface area contributed by atoms with E-state index in [0.717, 1.165) is 66.4 Å². The Hall–Kier alpha value is -6.96. The van der Waals surface area contributed by atoms with Gasteiger partial charge in [0, 0.05) is 53.6 Å². The van der Waals surface area contributed by atoms with Gasteiger partial charge in [0.1, 0.15) is 0 Å². The van der Waals surface area contributed by atoms with Crippen LogP contribution >= 0.6 is 11.3 Å². The second-order valence-corrected chi connectivity index (χ2v) is 14.5. The first-order valence-corrected chi connectivity index (χ1v) is 19.2. The first-order chi connectivity index (χ1) is 27.2. The topological polar surface area (TPSA) is 77.3 Å². The maximum absolute atomic E-state index is 5.15. The number of hydrogen-bond acceptors (Lipinski definition) is 7. The molecule has 6 nitrogen and oxygen atoms in total. The molecule has 55 heavy (non-hydrogen) atoms. The summed E-state index contributed by atoms with van der Waals surface area (Å²) in [6.07, 6.45) is 8.90. The molecule has 0 atom stereocenters. The molecule has 0 radical (unpaired) electrons. The minimum Gasteiger partial charge on any atom is -0.208 e. The molecule has 0 bridgehead atoms. The lowest BCUT2D eigenvalue weighted by Gasteiger charge is -2.11. The molecule has 0 spiro atoms. The van der Waals surface area contributed by atoms with Crippen LogP contribution in [0.25, 0.3) is 94.1 Å². The Morgan fingerprint density at radius 2 is 0.873 bits per heavy atom. The number of rotatable bonds is 7. The van der Waals surface area contributed by atoms with Gasteiger partial charge in [-0.05, 0) is 36.1 Å². The quantitative estimate of drug-likeness (QED) is 0.163. The lowest BCUT2D eigenvalue weighted by Crippen LogP contribution is -2.00. The van der Waals surface area contributed by atoms with Crippen LogP contribution in [0.5, 0.6) is 0 Å². The molecule has 0 saturated carbocycles. The molecule has 1 aliphatic carbocycles. The molecule has 0 aliphatic heterocycles. The first-order valence-electron chi connectivity index (χ1n) is 18.4. The molecule has 0 amide bonds. The minimum absolute atomic E-state index is 0.628. The van der Waals surface area contributed by atoms with E-state index in [1.54, 1.807) is 11.3 Å². The van der Waals surface area contributed by atoms with Crippen molar-refractivity contribution in [1.29, 1.82) is 0 Å². The highest BCUT2D eigenvalue weighted by atomic mass is 32.1. The van der Waals surface area contributed by atoms with Gasteiger partial charge in [0.05, 0.1) is 0 Å². The number of allylic oxidation sites excluding steroid dienone is 4. The summed E-state index contributed by atoms with van der Waals surface area (Å²) in [7, 11) is 0. The van der Waals surface area contributed by atoms with Crippen LogP contribution in [0.4, 0.5) is 0 Å². The molecule has 0 unspecified atom stereocenters. The predicted octanol–water partition coefficient (Wildman–Crippen LogP) is 12.2. The summed E-state index contributed by atoms with van der Waals surface area (Å²) in [6, 6.07) is 51.6. The fraction of sp³-hybridized carbons (Fsp3) is 0.0417. The molecule has 0 N–H and O–H groups in total. The fourth-order valence-corrected chi connectivity index (χ4v) is 8.24. The van der Waals surface area contributed by atoms with E-state index in [9.17, 15) is 0 Å². The van der Waals surface area contributed by atoms with Crippen molar-refractivity contribution in [2.24, 2.45) is 0 Å². The van der Waals surface area contributed by atoms with Crippen LogP contribution in [-0.2, 0) is 0 Å². The van der Waals surface area contributed by atoms with Crippen molar-refractivity contribution in [2.75, 3.05) is 0 Å². The predicted molar refractivity (Wildman–Crippen MR) is 225 cm³/mol. The van der Waals surface area contributed by atoms with Gasteiger partial charge in [-0.15, -0.1) is 11.3 Å². The Morgan fingerprint density at radius 3 is 1.42 bits per heavy atom. The average molecular weight is 725 g/mol. The molecular weight excluding hydrogens is 693 g/mol. The van der Waals surface area contributed by atoms with Crippen molar-refractivity contribution in [3.05, 3.63) is 175 Å². The van der Waals surface area contributed by atoms with Crippen LogP contribution in [0, 0.1) is 0 Å². The van der Waals surface area contributed by atoms with E-state index in [4.69, 9.17) is 29.9 Å². The Labute approximate surface area is 322 Å². The number of fused-ring (bicyclic) bond motifs is 3.